The summed E-state index contributed by atoms with van der Waals surface area (Å²) < 4.78 is 1.74. The number of aromatic nitrogens is 2. The van der Waals surface area contributed by atoms with Crippen LogP contribution in [0.25, 0.3) is 0 Å². The summed E-state index contributed by atoms with van der Waals surface area (Å²) in [4.78, 5) is 15.5. The van der Waals surface area contributed by atoms with Gasteiger partial charge in [0.05, 0.1) is 6.33 Å². The summed E-state index contributed by atoms with van der Waals surface area (Å²) in [6, 6.07) is 0.0852. The van der Waals surface area contributed by atoms with E-state index in [-0.39, 0.29) is 11.9 Å². The zero-order valence-electron chi connectivity index (χ0n) is 8.33. The molecule has 1 atom stereocenters. The van der Waals surface area contributed by atoms with E-state index < -0.39 is 0 Å². The Kier molecular flexibility index (Phi) is 3.95. The van der Waals surface area contributed by atoms with Gasteiger partial charge in [-0.3, -0.25) is 4.79 Å². The first kappa shape index (κ1) is 11.0. The molecule has 0 saturated heterocycles. The summed E-state index contributed by atoms with van der Waals surface area (Å²) in [7, 11) is 1.83. The fraction of sp³-hybridized carbons (Fsp3) is 0.556. The van der Waals surface area contributed by atoms with Crippen molar-refractivity contribution >= 4 is 17.5 Å². The number of halogens is 1. The highest BCUT2D eigenvalue weighted by atomic mass is 35.5. The van der Waals surface area contributed by atoms with Gasteiger partial charge in [-0.05, 0) is 13.3 Å². The first-order valence-corrected chi connectivity index (χ1v) is 5.01. The van der Waals surface area contributed by atoms with Gasteiger partial charge < -0.3 is 9.88 Å². The quantitative estimate of drug-likeness (QED) is 0.767. The lowest BCUT2D eigenvalue weighted by Crippen LogP contribution is -2.33. The molecule has 1 unspecified atom stereocenters. The van der Waals surface area contributed by atoms with E-state index in [0.717, 1.165) is 6.42 Å². The van der Waals surface area contributed by atoms with Crippen LogP contribution >= 0.6 is 11.6 Å². The number of hydrogen-bond donors (Lipinski definition) is 1. The molecule has 1 amide bonds. The zero-order chi connectivity index (χ0) is 10.6. The molecule has 0 fully saturated rings. The number of carbonyl (C=O) groups excluding carboxylic acids is 1. The Morgan fingerprint density at radius 3 is 3.00 bits per heavy atom. The predicted octanol–water partition coefficient (Wildman–Crippen LogP) is 1.17. The summed E-state index contributed by atoms with van der Waals surface area (Å²) in [5, 5.41) is 2.81. The molecule has 1 N–H and O–H groups in total. The van der Waals surface area contributed by atoms with Gasteiger partial charge in [-0.25, -0.2) is 4.98 Å². The normalized spacial score (nSPS) is 12.5. The maximum absolute atomic E-state index is 11.5. The van der Waals surface area contributed by atoms with Crippen LogP contribution in [0.4, 0.5) is 0 Å². The van der Waals surface area contributed by atoms with Crippen molar-refractivity contribution in [1.29, 1.82) is 0 Å². The van der Waals surface area contributed by atoms with Crippen molar-refractivity contribution in [3.63, 3.8) is 0 Å². The van der Waals surface area contributed by atoms with E-state index in [1.165, 1.54) is 0 Å². The summed E-state index contributed by atoms with van der Waals surface area (Å²) in [6.45, 7) is 1.92. The molecular formula is C9H14ClN3O. The molecule has 0 aliphatic heterocycles. The molecule has 1 aromatic heterocycles. The number of imidazole rings is 1. The second-order valence-corrected chi connectivity index (χ2v) is 3.65. The molecule has 0 saturated carbocycles. The Hall–Kier alpha value is -1.03. The molecule has 0 aliphatic rings. The maximum Gasteiger partial charge on any atom is 0.271 e. The Morgan fingerprint density at radius 1 is 1.79 bits per heavy atom. The van der Waals surface area contributed by atoms with Crippen LogP contribution in [0.2, 0.25) is 0 Å². The number of nitrogens with zero attached hydrogens (tertiary/aromatic N) is 2. The average Bonchev–Trinajstić information content (AvgIpc) is 2.52. The molecule has 14 heavy (non-hydrogen) atoms. The monoisotopic (exact) mass is 215 g/mol. The second-order valence-electron chi connectivity index (χ2n) is 3.28. The maximum atomic E-state index is 11.5. The third-order valence-electron chi connectivity index (χ3n) is 1.86. The standard InChI is InChI=1S/C9H14ClN3O/c1-7(3-4-10)12-9(14)8-5-13(2)6-11-8/h5-7H,3-4H2,1-2H3,(H,12,14). The van der Waals surface area contributed by atoms with Gasteiger partial charge in [-0.1, -0.05) is 0 Å². The highest BCUT2D eigenvalue weighted by molar-refractivity contribution is 6.17. The Bertz CT molecular complexity index is 311. The fourth-order valence-corrected chi connectivity index (χ4v) is 1.39. The number of nitrogens with one attached hydrogen (secondary N) is 1. The number of carbonyl (C=O) groups is 1. The summed E-state index contributed by atoms with van der Waals surface area (Å²) in [5.41, 5.74) is 0.439. The lowest BCUT2D eigenvalue weighted by molar-refractivity contribution is 0.0935. The van der Waals surface area contributed by atoms with Gasteiger partial charge in [-0.2, -0.15) is 0 Å². The van der Waals surface area contributed by atoms with Crippen molar-refractivity contribution in [2.24, 2.45) is 7.05 Å². The Labute approximate surface area is 88.3 Å². The number of alkyl halides is 1. The van der Waals surface area contributed by atoms with Crippen LogP contribution < -0.4 is 5.32 Å². The predicted molar refractivity (Wildman–Crippen MR) is 55.5 cm³/mol. The molecule has 4 nitrogen and oxygen atoms in total. The highest BCUT2D eigenvalue weighted by Gasteiger charge is 2.11. The van der Waals surface area contributed by atoms with Crippen LogP contribution in [0.1, 0.15) is 23.8 Å². The number of amides is 1. The molecule has 1 aromatic rings. The van der Waals surface area contributed by atoms with Crippen molar-refractivity contribution in [3.8, 4) is 0 Å². The summed E-state index contributed by atoms with van der Waals surface area (Å²) >= 11 is 5.56. The minimum Gasteiger partial charge on any atom is -0.348 e. The van der Waals surface area contributed by atoms with Crippen molar-refractivity contribution < 1.29 is 4.79 Å². The Morgan fingerprint density at radius 2 is 2.50 bits per heavy atom. The molecule has 0 aromatic carbocycles. The SMILES string of the molecule is CC(CCCl)NC(=O)c1cn(C)cn1. The van der Waals surface area contributed by atoms with Crippen LogP contribution in [0, 0.1) is 0 Å². The van der Waals surface area contributed by atoms with E-state index in [2.05, 4.69) is 10.3 Å². The fourth-order valence-electron chi connectivity index (χ4n) is 1.06. The highest BCUT2D eigenvalue weighted by Crippen LogP contribution is 1.98. The second kappa shape index (κ2) is 5.00. The van der Waals surface area contributed by atoms with Gasteiger partial charge in [0, 0.05) is 25.2 Å². The molecule has 1 heterocycles. The molecule has 0 bridgehead atoms. The van der Waals surface area contributed by atoms with E-state index in [1.54, 1.807) is 17.1 Å². The van der Waals surface area contributed by atoms with E-state index in [4.69, 9.17) is 11.6 Å². The van der Waals surface area contributed by atoms with E-state index in [1.807, 2.05) is 14.0 Å². The minimum atomic E-state index is -0.150. The molecule has 0 aliphatic carbocycles. The van der Waals surface area contributed by atoms with Crippen LogP contribution in [-0.2, 0) is 7.05 Å². The third kappa shape index (κ3) is 3.03. The van der Waals surface area contributed by atoms with Gasteiger partial charge >= 0.3 is 0 Å². The van der Waals surface area contributed by atoms with Gasteiger partial charge in [0.25, 0.3) is 5.91 Å². The zero-order valence-corrected chi connectivity index (χ0v) is 9.08. The molecule has 1 rings (SSSR count). The van der Waals surface area contributed by atoms with Crippen molar-refractivity contribution in [2.45, 2.75) is 19.4 Å². The van der Waals surface area contributed by atoms with Crippen molar-refractivity contribution in [1.82, 2.24) is 14.9 Å². The summed E-state index contributed by atoms with van der Waals surface area (Å²) in [5.74, 6) is 0.396. The van der Waals surface area contributed by atoms with Gasteiger partial charge in [0.15, 0.2) is 0 Å². The van der Waals surface area contributed by atoms with Crippen LogP contribution in [-0.4, -0.2) is 27.4 Å². The largest absolute Gasteiger partial charge is 0.348 e. The average molecular weight is 216 g/mol. The van der Waals surface area contributed by atoms with Crippen molar-refractivity contribution in [3.05, 3.63) is 18.2 Å². The number of hydrogen-bond acceptors (Lipinski definition) is 2. The Balaban J connectivity index is 2.50. The van der Waals surface area contributed by atoms with Gasteiger partial charge in [0.2, 0.25) is 0 Å². The number of rotatable bonds is 4. The van der Waals surface area contributed by atoms with Crippen LogP contribution in [0.5, 0.6) is 0 Å². The molecule has 78 valence electrons. The third-order valence-corrected chi connectivity index (χ3v) is 2.08. The van der Waals surface area contributed by atoms with E-state index in [9.17, 15) is 4.79 Å². The lowest BCUT2D eigenvalue weighted by Gasteiger charge is -2.10. The summed E-state index contributed by atoms with van der Waals surface area (Å²) in [6.07, 6.45) is 4.05. The molecule has 0 radical (unpaired) electrons. The van der Waals surface area contributed by atoms with Crippen LogP contribution in [0.3, 0.4) is 0 Å². The van der Waals surface area contributed by atoms with Crippen molar-refractivity contribution in [2.75, 3.05) is 5.88 Å². The molecular weight excluding hydrogens is 202 g/mol. The lowest BCUT2D eigenvalue weighted by atomic mass is 10.2. The topological polar surface area (TPSA) is 46.9 Å². The van der Waals surface area contributed by atoms with E-state index >= 15 is 0 Å². The van der Waals surface area contributed by atoms with Crippen LogP contribution in [0.15, 0.2) is 12.5 Å². The first-order valence-electron chi connectivity index (χ1n) is 4.48. The molecule has 0 spiro atoms. The molecule has 5 heteroatoms. The van der Waals surface area contributed by atoms with E-state index in [0.29, 0.717) is 11.6 Å². The van der Waals surface area contributed by atoms with Gasteiger partial charge in [0.1, 0.15) is 5.69 Å². The first-order chi connectivity index (χ1) is 6.63. The number of aryl methyl sites for hydroxylation is 1. The smallest absolute Gasteiger partial charge is 0.271 e. The minimum absolute atomic E-state index is 0.0852. The van der Waals surface area contributed by atoms with Gasteiger partial charge in [-0.15, -0.1) is 11.6 Å².